The number of carbonyl (C=O) groups is 3. The number of aromatic nitrogens is 1. The molecule has 3 N–H and O–H groups in total. The maximum absolute atomic E-state index is 12.5. The fourth-order valence-electron chi connectivity index (χ4n) is 3.28. The van der Waals surface area contributed by atoms with Crippen LogP contribution in [0.2, 0.25) is 0 Å². The first-order valence-corrected chi connectivity index (χ1v) is 9.48. The van der Waals surface area contributed by atoms with Crippen molar-refractivity contribution in [2.45, 2.75) is 58.4 Å². The monoisotopic (exact) mass is 388 g/mol. The molecule has 0 spiro atoms. The molecule has 0 saturated heterocycles. The number of ether oxygens (including phenoxy) is 1. The number of unbranched alkanes of at least 4 members (excludes halogenated alkanes) is 2. The van der Waals surface area contributed by atoms with Gasteiger partial charge in [-0.05, 0) is 50.5 Å². The number of aliphatic carboxylic acids is 1. The molecular weight excluding hydrogens is 360 g/mol. The third-order valence-electron chi connectivity index (χ3n) is 4.82. The molecule has 1 unspecified atom stereocenters. The number of Topliss-reactive ketones (excluding diaryl/α,β-unsaturated/α-hetero) is 1. The average Bonchev–Trinajstić information content (AvgIpc) is 2.94. The predicted molar refractivity (Wildman–Crippen MR) is 107 cm³/mol. The summed E-state index contributed by atoms with van der Waals surface area (Å²) < 4.78 is 5.25. The number of methoxy groups -OCH3 is 1. The Hall–Kier alpha value is -2.83. The SMILES string of the molecule is COc1ccc2[nH]c(C)c(CC(=O)NC(CCCCCC(C)=O)C(=O)O)c2c1. The van der Waals surface area contributed by atoms with E-state index in [2.05, 4.69) is 10.3 Å². The van der Waals surface area contributed by atoms with Crippen molar-refractivity contribution in [3.05, 3.63) is 29.5 Å². The third kappa shape index (κ3) is 5.84. The molecule has 28 heavy (non-hydrogen) atoms. The van der Waals surface area contributed by atoms with Crippen LogP contribution in [0.4, 0.5) is 0 Å². The van der Waals surface area contributed by atoms with Crippen LogP contribution in [0.1, 0.15) is 50.3 Å². The summed E-state index contributed by atoms with van der Waals surface area (Å²) in [6.45, 7) is 3.43. The molecule has 7 nitrogen and oxygen atoms in total. The Morgan fingerprint density at radius 1 is 1.21 bits per heavy atom. The van der Waals surface area contributed by atoms with Crippen LogP contribution in [-0.2, 0) is 20.8 Å². The Morgan fingerprint density at radius 2 is 1.96 bits per heavy atom. The summed E-state index contributed by atoms with van der Waals surface area (Å²) in [7, 11) is 1.58. The lowest BCUT2D eigenvalue weighted by Crippen LogP contribution is -2.41. The van der Waals surface area contributed by atoms with E-state index in [4.69, 9.17) is 4.74 Å². The number of amides is 1. The topological polar surface area (TPSA) is 108 Å². The van der Waals surface area contributed by atoms with Crippen LogP contribution < -0.4 is 10.1 Å². The van der Waals surface area contributed by atoms with E-state index in [-0.39, 0.29) is 18.1 Å². The highest BCUT2D eigenvalue weighted by Crippen LogP contribution is 2.26. The van der Waals surface area contributed by atoms with E-state index in [1.807, 2.05) is 25.1 Å². The van der Waals surface area contributed by atoms with Gasteiger partial charge in [-0.2, -0.15) is 0 Å². The number of rotatable bonds is 11. The van der Waals surface area contributed by atoms with Crippen molar-refractivity contribution in [1.82, 2.24) is 10.3 Å². The van der Waals surface area contributed by atoms with Crippen molar-refractivity contribution in [1.29, 1.82) is 0 Å². The molecule has 0 aliphatic carbocycles. The van der Waals surface area contributed by atoms with Crippen molar-refractivity contribution in [3.63, 3.8) is 0 Å². The van der Waals surface area contributed by atoms with Gasteiger partial charge in [-0.25, -0.2) is 4.79 Å². The van der Waals surface area contributed by atoms with E-state index in [0.29, 0.717) is 25.0 Å². The van der Waals surface area contributed by atoms with Gasteiger partial charge in [-0.3, -0.25) is 4.79 Å². The summed E-state index contributed by atoms with van der Waals surface area (Å²) in [6.07, 6.45) is 3.10. The summed E-state index contributed by atoms with van der Waals surface area (Å²) in [4.78, 5) is 38.2. The molecule has 0 fully saturated rings. The Labute approximate surface area is 164 Å². The highest BCUT2D eigenvalue weighted by Gasteiger charge is 2.21. The fourth-order valence-corrected chi connectivity index (χ4v) is 3.28. The lowest BCUT2D eigenvalue weighted by molar-refractivity contribution is -0.142. The van der Waals surface area contributed by atoms with E-state index in [9.17, 15) is 19.5 Å². The minimum absolute atomic E-state index is 0.0904. The van der Waals surface area contributed by atoms with Crippen LogP contribution in [0, 0.1) is 6.92 Å². The summed E-state index contributed by atoms with van der Waals surface area (Å²) in [5.41, 5.74) is 2.60. The lowest BCUT2D eigenvalue weighted by atomic mass is 10.0. The van der Waals surface area contributed by atoms with Gasteiger partial charge in [0.05, 0.1) is 13.5 Å². The van der Waals surface area contributed by atoms with Gasteiger partial charge in [0.15, 0.2) is 0 Å². The number of hydrogen-bond acceptors (Lipinski definition) is 4. The summed E-state index contributed by atoms with van der Waals surface area (Å²) in [6, 6.07) is 4.67. The zero-order valence-electron chi connectivity index (χ0n) is 16.6. The van der Waals surface area contributed by atoms with Crippen LogP contribution >= 0.6 is 0 Å². The highest BCUT2D eigenvalue weighted by atomic mass is 16.5. The average molecular weight is 388 g/mol. The van der Waals surface area contributed by atoms with Crippen LogP contribution in [0.25, 0.3) is 10.9 Å². The first-order valence-electron chi connectivity index (χ1n) is 9.48. The second kappa shape index (κ2) is 9.92. The quantitative estimate of drug-likeness (QED) is 0.513. The van der Waals surface area contributed by atoms with E-state index in [0.717, 1.165) is 35.0 Å². The molecule has 0 saturated carbocycles. The van der Waals surface area contributed by atoms with Gasteiger partial charge >= 0.3 is 5.97 Å². The first kappa shape index (κ1) is 21.5. The first-order chi connectivity index (χ1) is 13.3. The zero-order valence-corrected chi connectivity index (χ0v) is 16.6. The van der Waals surface area contributed by atoms with Gasteiger partial charge < -0.3 is 24.9 Å². The molecule has 2 rings (SSSR count). The number of carbonyl (C=O) groups excluding carboxylic acids is 2. The number of H-pyrrole nitrogens is 1. The maximum Gasteiger partial charge on any atom is 0.326 e. The largest absolute Gasteiger partial charge is 0.497 e. The second-order valence-electron chi connectivity index (χ2n) is 7.08. The number of ketones is 1. The number of nitrogens with one attached hydrogen (secondary N) is 2. The van der Waals surface area contributed by atoms with E-state index in [1.165, 1.54) is 0 Å². The molecule has 1 amide bonds. The Kier molecular flexibility index (Phi) is 7.61. The molecule has 1 atom stereocenters. The molecule has 0 bridgehead atoms. The summed E-state index contributed by atoms with van der Waals surface area (Å²) in [5, 5.41) is 12.9. The normalized spacial score (nSPS) is 12.0. The number of carboxylic acids is 1. The minimum atomic E-state index is -1.04. The number of carboxylic acid groups (broad SMARTS) is 1. The highest BCUT2D eigenvalue weighted by molar-refractivity contribution is 5.92. The van der Waals surface area contributed by atoms with Crippen molar-refractivity contribution in [2.24, 2.45) is 0 Å². The standard InChI is InChI=1S/C21H28N2O5/c1-13(24)7-5-4-6-8-19(21(26)27)23-20(25)12-16-14(2)22-18-10-9-15(28-3)11-17(16)18/h9-11,19,22H,4-8,12H2,1-3H3,(H,23,25)(H,26,27). The van der Waals surface area contributed by atoms with Crippen molar-refractivity contribution in [2.75, 3.05) is 7.11 Å². The smallest absolute Gasteiger partial charge is 0.326 e. The Morgan fingerprint density at radius 3 is 2.61 bits per heavy atom. The summed E-state index contributed by atoms with van der Waals surface area (Å²) in [5.74, 6) is -0.545. The van der Waals surface area contributed by atoms with Crippen LogP contribution in [-0.4, -0.2) is 40.9 Å². The fraction of sp³-hybridized carbons (Fsp3) is 0.476. The van der Waals surface area contributed by atoms with Gasteiger partial charge in [0, 0.05) is 23.0 Å². The second-order valence-corrected chi connectivity index (χ2v) is 7.08. The Balaban J connectivity index is 1.99. The molecular formula is C21H28N2O5. The van der Waals surface area contributed by atoms with Gasteiger partial charge in [-0.15, -0.1) is 0 Å². The number of fused-ring (bicyclic) bond motifs is 1. The van der Waals surface area contributed by atoms with Gasteiger partial charge in [0.1, 0.15) is 17.6 Å². The van der Waals surface area contributed by atoms with E-state index in [1.54, 1.807) is 14.0 Å². The van der Waals surface area contributed by atoms with Crippen molar-refractivity contribution >= 4 is 28.6 Å². The molecule has 0 aliphatic rings. The van der Waals surface area contributed by atoms with Crippen LogP contribution in [0.3, 0.4) is 0 Å². The number of benzene rings is 1. The number of aryl methyl sites for hydroxylation is 1. The van der Waals surface area contributed by atoms with Crippen molar-refractivity contribution < 1.29 is 24.2 Å². The van der Waals surface area contributed by atoms with Gasteiger partial charge in [0.25, 0.3) is 0 Å². The van der Waals surface area contributed by atoms with E-state index >= 15 is 0 Å². The molecule has 7 heteroatoms. The molecule has 2 aromatic rings. The molecule has 1 heterocycles. The number of hydrogen-bond donors (Lipinski definition) is 3. The van der Waals surface area contributed by atoms with Crippen LogP contribution in [0.15, 0.2) is 18.2 Å². The molecule has 1 aromatic carbocycles. The van der Waals surface area contributed by atoms with Crippen molar-refractivity contribution in [3.8, 4) is 5.75 Å². The third-order valence-corrected chi connectivity index (χ3v) is 4.82. The molecule has 1 aromatic heterocycles. The van der Waals surface area contributed by atoms with Gasteiger partial charge in [0.2, 0.25) is 5.91 Å². The maximum atomic E-state index is 12.5. The van der Waals surface area contributed by atoms with E-state index < -0.39 is 12.0 Å². The molecule has 152 valence electrons. The predicted octanol–water partition coefficient (Wildman–Crippen LogP) is 3.14. The molecule has 0 aliphatic heterocycles. The lowest BCUT2D eigenvalue weighted by Gasteiger charge is -2.14. The summed E-state index contributed by atoms with van der Waals surface area (Å²) >= 11 is 0. The number of aromatic amines is 1. The molecule has 0 radical (unpaired) electrons. The Bertz CT molecular complexity index is 856. The van der Waals surface area contributed by atoms with Crippen LogP contribution in [0.5, 0.6) is 5.75 Å². The van der Waals surface area contributed by atoms with Gasteiger partial charge in [-0.1, -0.05) is 12.8 Å². The minimum Gasteiger partial charge on any atom is -0.497 e. The zero-order chi connectivity index (χ0) is 20.7.